The Morgan fingerprint density at radius 2 is 1.80 bits per heavy atom. The van der Waals surface area contributed by atoms with Gasteiger partial charge in [-0.15, -0.1) is 0 Å². The number of benzene rings is 1. The number of rotatable bonds is 2. The quantitative estimate of drug-likeness (QED) is 0.822. The van der Waals surface area contributed by atoms with Crippen LogP contribution >= 0.6 is 0 Å². The maximum atomic E-state index is 9.49. The largest absolute Gasteiger partial charge is 0.490 e. The molecule has 1 saturated heterocycles. The van der Waals surface area contributed by atoms with Gasteiger partial charge in [0.25, 0.3) is 0 Å². The first-order valence-electron chi connectivity index (χ1n) is 6.99. The highest BCUT2D eigenvalue weighted by Crippen LogP contribution is 2.33. The molecule has 2 heterocycles. The maximum absolute atomic E-state index is 9.49. The standard InChI is InChI=1S/C15H18N2O3/c16-11-13(17-4-8-18-9-5-17)12-2-3-14-15(10-12)20-7-1-6-19-14/h2-3,10,13H,1,4-9H2. The maximum Gasteiger partial charge on any atom is 0.161 e. The van der Waals surface area contributed by atoms with Crippen molar-refractivity contribution in [3.63, 3.8) is 0 Å². The van der Waals surface area contributed by atoms with E-state index < -0.39 is 0 Å². The third kappa shape index (κ3) is 2.72. The fraction of sp³-hybridized carbons (Fsp3) is 0.533. The van der Waals surface area contributed by atoms with Crippen LogP contribution in [0.25, 0.3) is 0 Å². The lowest BCUT2D eigenvalue weighted by molar-refractivity contribution is 0.0266. The van der Waals surface area contributed by atoms with Gasteiger partial charge in [-0.3, -0.25) is 4.90 Å². The van der Waals surface area contributed by atoms with Crippen LogP contribution in [0.15, 0.2) is 18.2 Å². The molecule has 1 aromatic rings. The Balaban J connectivity index is 1.84. The molecule has 2 aliphatic heterocycles. The average Bonchev–Trinajstić information content (AvgIpc) is 2.74. The van der Waals surface area contributed by atoms with Gasteiger partial charge < -0.3 is 14.2 Å². The normalized spacial score (nSPS) is 20.8. The van der Waals surface area contributed by atoms with Gasteiger partial charge in [0.2, 0.25) is 0 Å². The Morgan fingerprint density at radius 3 is 2.55 bits per heavy atom. The van der Waals surface area contributed by atoms with Crippen molar-refractivity contribution < 1.29 is 14.2 Å². The van der Waals surface area contributed by atoms with Crippen molar-refractivity contribution in [3.8, 4) is 17.6 Å². The topological polar surface area (TPSA) is 54.7 Å². The molecule has 2 aliphatic rings. The van der Waals surface area contributed by atoms with Crippen LogP contribution in [0.5, 0.6) is 11.5 Å². The Morgan fingerprint density at radius 1 is 1.05 bits per heavy atom. The predicted octanol–water partition coefficient (Wildman–Crippen LogP) is 1.74. The lowest BCUT2D eigenvalue weighted by Crippen LogP contribution is -2.38. The Labute approximate surface area is 118 Å². The van der Waals surface area contributed by atoms with E-state index in [1.54, 1.807) is 0 Å². The van der Waals surface area contributed by atoms with E-state index in [-0.39, 0.29) is 6.04 Å². The van der Waals surface area contributed by atoms with Gasteiger partial charge in [0.15, 0.2) is 11.5 Å². The predicted molar refractivity (Wildman–Crippen MR) is 72.8 cm³/mol. The summed E-state index contributed by atoms with van der Waals surface area (Å²) in [5.41, 5.74) is 0.957. The molecule has 1 atom stereocenters. The second-order valence-corrected chi connectivity index (χ2v) is 4.94. The molecule has 0 amide bonds. The van der Waals surface area contributed by atoms with Gasteiger partial charge in [0, 0.05) is 19.5 Å². The van der Waals surface area contributed by atoms with E-state index in [1.165, 1.54) is 0 Å². The minimum Gasteiger partial charge on any atom is -0.490 e. The molecule has 0 bridgehead atoms. The Bertz CT molecular complexity index is 506. The number of nitriles is 1. The smallest absolute Gasteiger partial charge is 0.161 e. The Hall–Kier alpha value is -1.77. The van der Waals surface area contributed by atoms with Gasteiger partial charge in [-0.25, -0.2) is 0 Å². The van der Waals surface area contributed by atoms with E-state index in [0.717, 1.165) is 36.6 Å². The summed E-state index contributed by atoms with van der Waals surface area (Å²) in [5.74, 6) is 1.51. The van der Waals surface area contributed by atoms with Crippen molar-refractivity contribution >= 4 is 0 Å². The molecule has 5 nitrogen and oxygen atoms in total. The number of hydrogen-bond acceptors (Lipinski definition) is 5. The van der Waals surface area contributed by atoms with Crippen molar-refractivity contribution in [3.05, 3.63) is 23.8 Å². The molecule has 1 fully saturated rings. The monoisotopic (exact) mass is 274 g/mol. The van der Waals surface area contributed by atoms with Crippen LogP contribution < -0.4 is 9.47 Å². The van der Waals surface area contributed by atoms with Gasteiger partial charge in [-0.05, 0) is 17.7 Å². The second kappa shape index (κ2) is 6.12. The van der Waals surface area contributed by atoms with E-state index in [0.29, 0.717) is 26.4 Å². The third-order valence-electron chi connectivity index (χ3n) is 3.62. The van der Waals surface area contributed by atoms with E-state index >= 15 is 0 Å². The molecule has 0 spiro atoms. The zero-order valence-electron chi connectivity index (χ0n) is 11.4. The molecular weight excluding hydrogens is 256 g/mol. The highest BCUT2D eigenvalue weighted by atomic mass is 16.5. The van der Waals surface area contributed by atoms with Crippen LogP contribution in [0, 0.1) is 11.3 Å². The first kappa shape index (κ1) is 13.2. The lowest BCUT2D eigenvalue weighted by atomic mass is 10.1. The average molecular weight is 274 g/mol. The molecule has 0 aromatic heterocycles. The van der Waals surface area contributed by atoms with Gasteiger partial charge >= 0.3 is 0 Å². The van der Waals surface area contributed by atoms with Crippen molar-refractivity contribution in [2.24, 2.45) is 0 Å². The summed E-state index contributed by atoms with van der Waals surface area (Å²) in [4.78, 5) is 2.14. The van der Waals surface area contributed by atoms with Gasteiger partial charge in [-0.2, -0.15) is 5.26 Å². The van der Waals surface area contributed by atoms with Crippen molar-refractivity contribution in [1.82, 2.24) is 4.90 Å². The van der Waals surface area contributed by atoms with Crippen LogP contribution in [0.2, 0.25) is 0 Å². The van der Waals surface area contributed by atoms with Gasteiger partial charge in [0.1, 0.15) is 6.04 Å². The van der Waals surface area contributed by atoms with Crippen molar-refractivity contribution in [1.29, 1.82) is 5.26 Å². The van der Waals surface area contributed by atoms with Crippen LogP contribution in [0.4, 0.5) is 0 Å². The van der Waals surface area contributed by atoms with Crippen LogP contribution in [0.3, 0.4) is 0 Å². The van der Waals surface area contributed by atoms with Crippen LogP contribution in [-0.4, -0.2) is 44.4 Å². The highest BCUT2D eigenvalue weighted by Gasteiger charge is 2.23. The van der Waals surface area contributed by atoms with E-state index in [9.17, 15) is 5.26 Å². The fourth-order valence-electron chi connectivity index (χ4n) is 2.55. The van der Waals surface area contributed by atoms with Crippen LogP contribution in [-0.2, 0) is 4.74 Å². The fourth-order valence-corrected chi connectivity index (χ4v) is 2.55. The first-order chi connectivity index (χ1) is 9.88. The van der Waals surface area contributed by atoms with Crippen molar-refractivity contribution in [2.75, 3.05) is 39.5 Å². The minimum atomic E-state index is -0.254. The minimum absolute atomic E-state index is 0.254. The molecular formula is C15H18N2O3. The molecule has 5 heteroatoms. The summed E-state index contributed by atoms with van der Waals surface area (Å²) >= 11 is 0. The number of nitrogens with zero attached hydrogens (tertiary/aromatic N) is 2. The molecule has 106 valence electrons. The SMILES string of the molecule is N#CC(c1ccc2c(c1)OCCCO2)N1CCOCC1. The van der Waals surface area contributed by atoms with E-state index in [1.807, 2.05) is 18.2 Å². The molecule has 3 rings (SSSR count). The zero-order chi connectivity index (χ0) is 13.8. The molecule has 0 N–H and O–H groups in total. The molecule has 0 radical (unpaired) electrons. The summed E-state index contributed by atoms with van der Waals surface area (Å²) in [5, 5.41) is 9.49. The lowest BCUT2D eigenvalue weighted by Gasteiger charge is -2.30. The molecule has 0 saturated carbocycles. The van der Waals surface area contributed by atoms with E-state index in [2.05, 4.69) is 11.0 Å². The number of fused-ring (bicyclic) bond motifs is 1. The summed E-state index contributed by atoms with van der Waals surface area (Å²) < 4.78 is 16.7. The Kier molecular flexibility index (Phi) is 4.05. The third-order valence-corrected chi connectivity index (χ3v) is 3.62. The number of morpholine rings is 1. The van der Waals surface area contributed by atoms with Gasteiger partial charge in [-0.1, -0.05) is 6.07 Å². The van der Waals surface area contributed by atoms with Gasteiger partial charge in [0.05, 0.1) is 32.5 Å². The number of ether oxygens (including phenoxy) is 3. The molecule has 1 aromatic carbocycles. The molecule has 1 unspecified atom stereocenters. The van der Waals surface area contributed by atoms with Crippen LogP contribution in [0.1, 0.15) is 18.0 Å². The zero-order valence-corrected chi connectivity index (χ0v) is 11.4. The number of hydrogen-bond donors (Lipinski definition) is 0. The first-order valence-corrected chi connectivity index (χ1v) is 6.99. The van der Waals surface area contributed by atoms with E-state index in [4.69, 9.17) is 14.2 Å². The molecule has 20 heavy (non-hydrogen) atoms. The molecule has 0 aliphatic carbocycles. The summed E-state index contributed by atoms with van der Waals surface area (Å²) in [7, 11) is 0. The van der Waals surface area contributed by atoms with Crippen molar-refractivity contribution in [2.45, 2.75) is 12.5 Å². The summed E-state index contributed by atoms with van der Waals surface area (Å²) in [6, 6.07) is 7.92. The summed E-state index contributed by atoms with van der Waals surface area (Å²) in [6.45, 7) is 4.27. The summed E-state index contributed by atoms with van der Waals surface area (Å²) in [6.07, 6.45) is 0.884. The second-order valence-electron chi connectivity index (χ2n) is 4.94. The highest BCUT2D eigenvalue weighted by molar-refractivity contribution is 5.45.